The quantitative estimate of drug-likeness (QED) is 0.580. The summed E-state index contributed by atoms with van der Waals surface area (Å²) in [6.07, 6.45) is 0. The second kappa shape index (κ2) is 3.29. The number of benzene rings is 1. The van der Waals surface area contributed by atoms with Crippen molar-refractivity contribution in [2.75, 3.05) is 0 Å². The Morgan fingerprint density at radius 1 is 1.12 bits per heavy atom. The standard InChI is InChI=1S/C8H6N2O5S/c11-7-5-2-1-4(16(13,14)15)3-6(5)9-8(12)10-7/h1-3H,(H,13,14,15)(H2,9,10,11,12). The molecule has 16 heavy (non-hydrogen) atoms. The molecule has 0 saturated carbocycles. The van der Waals surface area contributed by atoms with E-state index < -0.39 is 21.4 Å². The van der Waals surface area contributed by atoms with E-state index in [1.165, 1.54) is 6.07 Å². The van der Waals surface area contributed by atoms with Gasteiger partial charge in [-0.25, -0.2) is 4.79 Å². The second-order valence-electron chi connectivity index (χ2n) is 3.09. The van der Waals surface area contributed by atoms with Crippen LogP contribution in [0.3, 0.4) is 0 Å². The van der Waals surface area contributed by atoms with E-state index >= 15 is 0 Å². The normalized spacial score (nSPS) is 11.8. The first kappa shape index (κ1) is 10.6. The lowest BCUT2D eigenvalue weighted by Crippen LogP contribution is -2.21. The summed E-state index contributed by atoms with van der Waals surface area (Å²) in [5.74, 6) is 0. The summed E-state index contributed by atoms with van der Waals surface area (Å²) in [5.41, 5.74) is -1.32. The van der Waals surface area contributed by atoms with Gasteiger partial charge in [-0.05, 0) is 18.2 Å². The number of fused-ring (bicyclic) bond motifs is 1. The number of hydrogen-bond acceptors (Lipinski definition) is 4. The van der Waals surface area contributed by atoms with Gasteiger partial charge in [0, 0.05) is 0 Å². The van der Waals surface area contributed by atoms with Crippen LogP contribution in [0, 0.1) is 0 Å². The third-order valence-electron chi connectivity index (χ3n) is 2.01. The van der Waals surface area contributed by atoms with Crippen LogP contribution in [-0.4, -0.2) is 22.9 Å². The molecule has 0 radical (unpaired) electrons. The second-order valence-corrected chi connectivity index (χ2v) is 4.51. The van der Waals surface area contributed by atoms with Crippen LogP contribution in [0.4, 0.5) is 0 Å². The number of aromatic amines is 2. The van der Waals surface area contributed by atoms with Crippen molar-refractivity contribution >= 4 is 21.0 Å². The molecule has 7 nitrogen and oxygen atoms in total. The number of nitrogens with one attached hydrogen (secondary N) is 2. The van der Waals surface area contributed by atoms with Gasteiger partial charge in [0.1, 0.15) is 0 Å². The predicted molar refractivity (Wildman–Crippen MR) is 55.0 cm³/mol. The molecule has 84 valence electrons. The molecule has 3 N–H and O–H groups in total. The van der Waals surface area contributed by atoms with Crippen LogP contribution < -0.4 is 11.2 Å². The molecule has 1 aromatic carbocycles. The van der Waals surface area contributed by atoms with Crippen molar-refractivity contribution in [3.05, 3.63) is 39.0 Å². The Kier molecular flexibility index (Phi) is 2.17. The highest BCUT2D eigenvalue weighted by Gasteiger charge is 2.11. The molecule has 2 aromatic rings. The molecule has 0 saturated heterocycles. The van der Waals surface area contributed by atoms with E-state index in [9.17, 15) is 18.0 Å². The number of rotatable bonds is 1. The molecular formula is C8H6N2O5S. The Labute approximate surface area is 88.5 Å². The SMILES string of the molecule is O=c1[nH]c(=O)c2ccc(S(=O)(=O)O)cc2[nH]1. The zero-order chi connectivity index (χ0) is 11.9. The molecule has 1 heterocycles. The summed E-state index contributed by atoms with van der Waals surface area (Å²) < 4.78 is 30.4. The van der Waals surface area contributed by atoms with Gasteiger partial charge < -0.3 is 4.98 Å². The van der Waals surface area contributed by atoms with Crippen molar-refractivity contribution < 1.29 is 13.0 Å². The van der Waals surface area contributed by atoms with Gasteiger partial charge in [0.25, 0.3) is 15.7 Å². The summed E-state index contributed by atoms with van der Waals surface area (Å²) in [6.45, 7) is 0. The average molecular weight is 242 g/mol. The van der Waals surface area contributed by atoms with E-state index in [0.717, 1.165) is 12.1 Å². The number of hydrogen-bond donors (Lipinski definition) is 3. The molecular weight excluding hydrogens is 236 g/mol. The Morgan fingerprint density at radius 3 is 2.44 bits per heavy atom. The van der Waals surface area contributed by atoms with E-state index in [-0.39, 0.29) is 15.8 Å². The minimum atomic E-state index is -4.35. The monoisotopic (exact) mass is 242 g/mol. The van der Waals surface area contributed by atoms with Crippen molar-refractivity contribution in [1.82, 2.24) is 9.97 Å². The first-order valence-electron chi connectivity index (χ1n) is 4.12. The molecule has 0 aliphatic rings. The Hall–Kier alpha value is -1.93. The van der Waals surface area contributed by atoms with Gasteiger partial charge in [-0.1, -0.05) is 0 Å². The lowest BCUT2D eigenvalue weighted by Gasteiger charge is -1.99. The van der Waals surface area contributed by atoms with Crippen LogP contribution in [0.5, 0.6) is 0 Å². The van der Waals surface area contributed by atoms with Gasteiger partial charge in [-0.15, -0.1) is 0 Å². The first-order valence-corrected chi connectivity index (χ1v) is 5.56. The van der Waals surface area contributed by atoms with Crippen molar-refractivity contribution in [3.63, 3.8) is 0 Å². The highest BCUT2D eigenvalue weighted by molar-refractivity contribution is 7.85. The Balaban J connectivity index is 2.92. The molecule has 0 spiro atoms. The maximum Gasteiger partial charge on any atom is 0.326 e. The lowest BCUT2D eigenvalue weighted by atomic mass is 10.2. The van der Waals surface area contributed by atoms with Crippen molar-refractivity contribution in [2.24, 2.45) is 0 Å². The van der Waals surface area contributed by atoms with Gasteiger partial charge in [0.2, 0.25) is 0 Å². The summed E-state index contributed by atoms with van der Waals surface area (Å²) in [6, 6.07) is 3.29. The van der Waals surface area contributed by atoms with Crippen LogP contribution in [0.25, 0.3) is 10.9 Å². The smallest absolute Gasteiger partial charge is 0.307 e. The fourth-order valence-corrected chi connectivity index (χ4v) is 1.82. The fraction of sp³-hybridized carbons (Fsp3) is 0. The van der Waals surface area contributed by atoms with E-state index in [0.29, 0.717) is 0 Å². The van der Waals surface area contributed by atoms with Crippen LogP contribution in [-0.2, 0) is 10.1 Å². The molecule has 0 amide bonds. The van der Waals surface area contributed by atoms with Gasteiger partial charge in [-0.3, -0.25) is 14.3 Å². The molecule has 0 unspecified atom stereocenters. The molecule has 1 aromatic heterocycles. The maximum absolute atomic E-state index is 11.3. The van der Waals surface area contributed by atoms with Crippen molar-refractivity contribution in [1.29, 1.82) is 0 Å². The number of aromatic nitrogens is 2. The first-order chi connectivity index (χ1) is 7.38. The summed E-state index contributed by atoms with van der Waals surface area (Å²) >= 11 is 0. The van der Waals surface area contributed by atoms with E-state index in [2.05, 4.69) is 4.98 Å². The Morgan fingerprint density at radius 2 is 1.81 bits per heavy atom. The summed E-state index contributed by atoms with van der Waals surface area (Å²) in [7, 11) is -4.35. The molecule has 8 heteroatoms. The topological polar surface area (TPSA) is 120 Å². The third-order valence-corrected chi connectivity index (χ3v) is 2.86. The Bertz CT molecular complexity index is 771. The van der Waals surface area contributed by atoms with E-state index in [1.54, 1.807) is 0 Å². The summed E-state index contributed by atoms with van der Waals surface area (Å²) in [5, 5.41) is 0.131. The zero-order valence-corrected chi connectivity index (χ0v) is 8.54. The molecule has 0 atom stereocenters. The summed E-state index contributed by atoms with van der Waals surface area (Å²) in [4.78, 5) is 26.1. The van der Waals surface area contributed by atoms with E-state index in [4.69, 9.17) is 4.55 Å². The molecule has 0 bridgehead atoms. The minimum Gasteiger partial charge on any atom is -0.307 e. The van der Waals surface area contributed by atoms with Crippen molar-refractivity contribution in [2.45, 2.75) is 4.90 Å². The molecule has 2 rings (SSSR count). The maximum atomic E-state index is 11.3. The van der Waals surface area contributed by atoms with Gasteiger partial charge >= 0.3 is 5.69 Å². The van der Waals surface area contributed by atoms with Crippen molar-refractivity contribution in [3.8, 4) is 0 Å². The zero-order valence-electron chi connectivity index (χ0n) is 7.72. The molecule has 0 fully saturated rings. The lowest BCUT2D eigenvalue weighted by molar-refractivity contribution is 0.483. The van der Waals surface area contributed by atoms with Crippen LogP contribution in [0.15, 0.2) is 32.7 Å². The highest BCUT2D eigenvalue weighted by Crippen LogP contribution is 2.13. The van der Waals surface area contributed by atoms with Gasteiger partial charge in [-0.2, -0.15) is 8.42 Å². The van der Waals surface area contributed by atoms with Gasteiger partial charge in [0.15, 0.2) is 0 Å². The van der Waals surface area contributed by atoms with E-state index in [1.807, 2.05) is 4.98 Å². The van der Waals surface area contributed by atoms with Crippen LogP contribution in [0.1, 0.15) is 0 Å². The largest absolute Gasteiger partial charge is 0.326 e. The van der Waals surface area contributed by atoms with Gasteiger partial charge in [0.05, 0.1) is 15.8 Å². The van der Waals surface area contributed by atoms with Crippen LogP contribution >= 0.6 is 0 Å². The fourth-order valence-electron chi connectivity index (χ4n) is 1.31. The highest BCUT2D eigenvalue weighted by atomic mass is 32.2. The third kappa shape index (κ3) is 1.75. The minimum absolute atomic E-state index is 0.0453. The molecule has 0 aliphatic heterocycles. The average Bonchev–Trinajstić information content (AvgIpc) is 2.15. The van der Waals surface area contributed by atoms with Crippen LogP contribution in [0.2, 0.25) is 0 Å². The predicted octanol–water partition coefficient (Wildman–Crippen LogP) is -0.537. The molecule has 0 aliphatic carbocycles. The number of H-pyrrole nitrogens is 2.